The van der Waals surface area contributed by atoms with Crippen molar-refractivity contribution in [2.75, 3.05) is 6.61 Å². The second-order valence-electron chi connectivity index (χ2n) is 4.99. The second-order valence-corrected chi connectivity index (χ2v) is 4.99. The van der Waals surface area contributed by atoms with Crippen LogP contribution in [0.2, 0.25) is 0 Å². The quantitative estimate of drug-likeness (QED) is 0.367. The largest absolute Gasteiger partial charge is 0.394 e. The zero-order chi connectivity index (χ0) is 16.0. The molecule has 2 aromatic heterocycles. The number of primary amides is 1. The van der Waals surface area contributed by atoms with E-state index in [-0.39, 0.29) is 11.3 Å². The maximum absolute atomic E-state index is 11.6. The fourth-order valence-electron chi connectivity index (χ4n) is 2.59. The van der Waals surface area contributed by atoms with Gasteiger partial charge in [0, 0.05) is 6.20 Å². The van der Waals surface area contributed by atoms with Crippen LogP contribution in [-0.4, -0.2) is 60.7 Å². The predicted octanol–water partition coefficient (Wildman–Crippen LogP) is -2.45. The molecule has 0 saturated carbocycles. The summed E-state index contributed by atoms with van der Waals surface area (Å²) >= 11 is 0. The summed E-state index contributed by atoms with van der Waals surface area (Å²) < 4.78 is 6.61. The van der Waals surface area contributed by atoms with Crippen molar-refractivity contribution < 1.29 is 24.9 Å². The van der Waals surface area contributed by atoms with Crippen LogP contribution in [0.3, 0.4) is 0 Å². The molecule has 2 aromatic rings. The number of nitrogens with zero attached hydrogens (tertiary/aromatic N) is 2. The molecule has 0 bridgehead atoms. The second kappa shape index (κ2) is 5.18. The Balaban J connectivity index is 2.24. The minimum absolute atomic E-state index is 0.159. The first-order chi connectivity index (χ1) is 10.5. The molecule has 1 aliphatic rings. The normalized spacial score (nSPS) is 28.3. The van der Waals surface area contributed by atoms with Crippen LogP contribution in [0.25, 0.3) is 11.0 Å². The van der Waals surface area contributed by atoms with Gasteiger partial charge in [0.25, 0.3) is 5.91 Å². The van der Waals surface area contributed by atoms with Gasteiger partial charge in [0.05, 0.1) is 12.0 Å². The van der Waals surface area contributed by atoms with Crippen LogP contribution in [0.4, 0.5) is 0 Å². The third kappa shape index (κ3) is 2.01. The van der Waals surface area contributed by atoms with E-state index in [1.165, 1.54) is 10.8 Å². The number of nitrogens with one attached hydrogen (secondary N) is 2. The molecule has 4 atom stereocenters. The number of carbonyl (C=O) groups excluding carboxylic acids is 1. The van der Waals surface area contributed by atoms with Gasteiger partial charge in [-0.3, -0.25) is 14.8 Å². The Bertz CT molecular complexity index is 784. The van der Waals surface area contributed by atoms with Gasteiger partial charge in [0.2, 0.25) is 5.82 Å². The summed E-state index contributed by atoms with van der Waals surface area (Å²) in [5.41, 5.74) is 5.43. The molecule has 1 saturated heterocycles. The van der Waals surface area contributed by atoms with Crippen LogP contribution in [0, 0.1) is 5.41 Å². The zero-order valence-corrected chi connectivity index (χ0v) is 11.3. The third-order valence-electron chi connectivity index (χ3n) is 3.66. The van der Waals surface area contributed by atoms with Gasteiger partial charge in [-0.15, -0.1) is 0 Å². The monoisotopic (exact) mass is 309 g/mol. The summed E-state index contributed by atoms with van der Waals surface area (Å²) in [5, 5.41) is 37.4. The van der Waals surface area contributed by atoms with Gasteiger partial charge in [-0.05, 0) is 6.07 Å². The first kappa shape index (κ1) is 14.7. The highest BCUT2D eigenvalue weighted by Gasteiger charge is 2.44. The van der Waals surface area contributed by atoms with Gasteiger partial charge in [-0.1, -0.05) is 0 Å². The van der Waals surface area contributed by atoms with E-state index < -0.39 is 37.1 Å². The molecule has 0 spiro atoms. The molecule has 1 aliphatic heterocycles. The lowest BCUT2D eigenvalue weighted by atomic mass is 10.1. The van der Waals surface area contributed by atoms with Crippen LogP contribution in [0.15, 0.2) is 12.3 Å². The topological polar surface area (TPSA) is 170 Å². The van der Waals surface area contributed by atoms with Crippen LogP contribution in [-0.2, 0) is 4.74 Å². The molecule has 7 N–H and O–H groups in total. The number of hydrogen-bond acceptors (Lipinski definition) is 7. The summed E-state index contributed by atoms with van der Waals surface area (Å²) in [6.07, 6.45) is -3.38. The van der Waals surface area contributed by atoms with Crippen molar-refractivity contribution in [2.45, 2.75) is 24.5 Å². The van der Waals surface area contributed by atoms with E-state index in [1.54, 1.807) is 6.07 Å². The summed E-state index contributed by atoms with van der Waals surface area (Å²) in [6, 6.07) is 1.58. The number of aliphatic hydroxyl groups excluding tert-OH is 3. The Morgan fingerprint density at radius 1 is 1.50 bits per heavy atom. The van der Waals surface area contributed by atoms with Gasteiger partial charge in [0.1, 0.15) is 24.0 Å². The average molecular weight is 309 g/mol. The summed E-state index contributed by atoms with van der Waals surface area (Å²) in [4.78, 5) is 18.3. The number of carbonyl (C=O) groups is 1. The summed E-state index contributed by atoms with van der Waals surface area (Å²) in [7, 11) is 0. The van der Waals surface area contributed by atoms with E-state index in [0.717, 1.165) is 0 Å². The molecular formula is C12H15N5O5. The standard InChI is InChI=1S/C12H15N5O5/c13-8-4-1-2-15-10(4)17(11(16-8)9(14)21)12-7(20)6(19)5(3-18)22-12/h1-2,5-7,12-13,15,18-20H,3H2,(H2,14,21)/t5-,6+,7-,12-/m1/s1. The lowest BCUT2D eigenvalue weighted by Crippen LogP contribution is -2.35. The number of rotatable bonds is 3. The third-order valence-corrected chi connectivity index (χ3v) is 3.66. The number of ether oxygens (including phenoxy) is 1. The molecule has 10 nitrogen and oxygen atoms in total. The van der Waals surface area contributed by atoms with Gasteiger partial charge in [-0.25, -0.2) is 4.98 Å². The Morgan fingerprint density at radius 3 is 2.82 bits per heavy atom. The van der Waals surface area contributed by atoms with Crippen molar-refractivity contribution >= 4 is 16.9 Å². The molecule has 0 aromatic carbocycles. The Hall–Kier alpha value is -2.27. The molecule has 1 amide bonds. The highest BCUT2D eigenvalue weighted by molar-refractivity contribution is 5.91. The van der Waals surface area contributed by atoms with Crippen molar-refractivity contribution in [1.82, 2.24) is 14.5 Å². The van der Waals surface area contributed by atoms with Gasteiger partial charge in [-0.2, -0.15) is 0 Å². The van der Waals surface area contributed by atoms with E-state index >= 15 is 0 Å². The predicted molar refractivity (Wildman–Crippen MR) is 71.5 cm³/mol. The molecule has 118 valence electrons. The van der Waals surface area contributed by atoms with Crippen LogP contribution in [0.1, 0.15) is 16.8 Å². The lowest BCUT2D eigenvalue weighted by molar-refractivity contribution is -0.0522. The molecule has 3 rings (SSSR count). The number of fused-ring (bicyclic) bond motifs is 1. The van der Waals surface area contributed by atoms with E-state index in [4.69, 9.17) is 21.0 Å². The van der Waals surface area contributed by atoms with Crippen LogP contribution in [0.5, 0.6) is 0 Å². The molecule has 0 aliphatic carbocycles. The van der Waals surface area contributed by atoms with Crippen molar-refractivity contribution in [3.63, 3.8) is 0 Å². The van der Waals surface area contributed by atoms with Crippen molar-refractivity contribution in [2.24, 2.45) is 5.73 Å². The minimum atomic E-state index is -1.40. The SMILES string of the molecule is N=c1nc(C(N)=O)n([C@@H]2O[C@H](CO)[C@H](O)[C@H]2O)c2[nH]ccc12. The fraction of sp³-hybridized carbons (Fsp3) is 0.417. The lowest BCUT2D eigenvalue weighted by Gasteiger charge is -2.21. The molecule has 0 radical (unpaired) electrons. The molecule has 10 heteroatoms. The number of nitrogens with two attached hydrogens (primary N) is 1. The maximum atomic E-state index is 11.6. The van der Waals surface area contributed by atoms with Crippen molar-refractivity contribution in [3.8, 4) is 0 Å². The fourth-order valence-corrected chi connectivity index (χ4v) is 2.59. The number of hydrogen-bond donors (Lipinski definition) is 6. The molecule has 1 fully saturated rings. The summed E-state index contributed by atoms with van der Waals surface area (Å²) in [6.45, 7) is -0.501. The highest BCUT2D eigenvalue weighted by Crippen LogP contribution is 2.31. The minimum Gasteiger partial charge on any atom is -0.394 e. The smallest absolute Gasteiger partial charge is 0.284 e. The maximum Gasteiger partial charge on any atom is 0.284 e. The van der Waals surface area contributed by atoms with Gasteiger partial charge in [0.15, 0.2) is 11.7 Å². The van der Waals surface area contributed by atoms with E-state index in [9.17, 15) is 15.0 Å². The Morgan fingerprint density at radius 2 is 2.23 bits per heavy atom. The highest BCUT2D eigenvalue weighted by atomic mass is 16.6. The Kier molecular flexibility index (Phi) is 3.45. The molecular weight excluding hydrogens is 294 g/mol. The van der Waals surface area contributed by atoms with Gasteiger partial charge >= 0.3 is 0 Å². The first-order valence-corrected chi connectivity index (χ1v) is 6.52. The van der Waals surface area contributed by atoms with E-state index in [1.807, 2.05) is 0 Å². The van der Waals surface area contributed by atoms with Crippen LogP contribution >= 0.6 is 0 Å². The number of aliphatic hydroxyl groups is 3. The number of amides is 1. The molecule has 0 unspecified atom stereocenters. The first-order valence-electron chi connectivity index (χ1n) is 6.52. The van der Waals surface area contributed by atoms with Crippen LogP contribution < -0.4 is 11.2 Å². The number of H-pyrrole nitrogens is 1. The van der Waals surface area contributed by atoms with E-state index in [0.29, 0.717) is 11.0 Å². The molecule has 22 heavy (non-hydrogen) atoms. The number of aromatic amines is 1. The Labute approximate surface area is 123 Å². The summed E-state index contributed by atoms with van der Waals surface area (Å²) in [5.74, 6) is -1.21. The average Bonchev–Trinajstić information content (AvgIpc) is 3.07. The van der Waals surface area contributed by atoms with Crippen molar-refractivity contribution in [1.29, 1.82) is 5.41 Å². The van der Waals surface area contributed by atoms with E-state index in [2.05, 4.69) is 9.97 Å². The van der Waals surface area contributed by atoms with Crippen molar-refractivity contribution in [3.05, 3.63) is 23.6 Å². The molecule has 3 heterocycles. The zero-order valence-electron chi connectivity index (χ0n) is 11.3. The van der Waals surface area contributed by atoms with Gasteiger partial charge < -0.3 is 30.8 Å². The number of aromatic nitrogens is 3.